The minimum atomic E-state index is -0.180. The molecular formula is C10H16N4OS. The molecule has 1 fully saturated rings. The highest BCUT2D eigenvalue weighted by Crippen LogP contribution is 2.21. The SMILES string of the molecule is Nc1cc(=O)[nH]c(SCC2CCNCC2)n1. The Morgan fingerprint density at radius 3 is 2.94 bits per heavy atom. The van der Waals surface area contributed by atoms with Crippen LogP contribution in [0.15, 0.2) is 16.0 Å². The van der Waals surface area contributed by atoms with E-state index in [-0.39, 0.29) is 11.4 Å². The normalized spacial score (nSPS) is 17.5. The van der Waals surface area contributed by atoms with E-state index in [1.54, 1.807) is 11.8 Å². The molecular weight excluding hydrogens is 224 g/mol. The van der Waals surface area contributed by atoms with Crippen molar-refractivity contribution in [1.29, 1.82) is 0 Å². The molecule has 5 nitrogen and oxygen atoms in total. The zero-order chi connectivity index (χ0) is 11.4. The summed E-state index contributed by atoms with van der Waals surface area (Å²) >= 11 is 1.58. The van der Waals surface area contributed by atoms with E-state index in [0.717, 1.165) is 18.8 Å². The van der Waals surface area contributed by atoms with Gasteiger partial charge in [-0.25, -0.2) is 4.98 Å². The van der Waals surface area contributed by atoms with Gasteiger partial charge in [0.25, 0.3) is 5.56 Å². The molecule has 0 saturated carbocycles. The molecule has 0 aliphatic carbocycles. The van der Waals surface area contributed by atoms with Crippen LogP contribution in [0.25, 0.3) is 0 Å². The van der Waals surface area contributed by atoms with Crippen LogP contribution in [0.1, 0.15) is 12.8 Å². The summed E-state index contributed by atoms with van der Waals surface area (Å²) < 4.78 is 0. The van der Waals surface area contributed by atoms with Crippen molar-refractivity contribution in [3.05, 3.63) is 16.4 Å². The Labute approximate surface area is 98.2 Å². The maximum atomic E-state index is 11.2. The van der Waals surface area contributed by atoms with Crippen molar-refractivity contribution < 1.29 is 0 Å². The molecule has 1 aromatic heterocycles. The number of nitrogens with zero attached hydrogens (tertiary/aromatic N) is 1. The second-order valence-corrected chi connectivity index (χ2v) is 4.99. The number of piperidine rings is 1. The van der Waals surface area contributed by atoms with Gasteiger partial charge in [-0.05, 0) is 31.8 Å². The minimum Gasteiger partial charge on any atom is -0.383 e. The number of aromatic nitrogens is 2. The fourth-order valence-corrected chi connectivity index (χ4v) is 2.84. The van der Waals surface area contributed by atoms with Crippen LogP contribution >= 0.6 is 11.8 Å². The molecule has 0 atom stereocenters. The van der Waals surface area contributed by atoms with Crippen molar-refractivity contribution in [2.45, 2.75) is 18.0 Å². The Morgan fingerprint density at radius 2 is 2.25 bits per heavy atom. The van der Waals surface area contributed by atoms with Gasteiger partial charge in [0.1, 0.15) is 5.82 Å². The van der Waals surface area contributed by atoms with Gasteiger partial charge in [0, 0.05) is 11.8 Å². The first kappa shape index (κ1) is 11.5. The van der Waals surface area contributed by atoms with Gasteiger partial charge in [-0.15, -0.1) is 0 Å². The zero-order valence-corrected chi connectivity index (χ0v) is 9.85. The standard InChI is InChI=1S/C10H16N4OS/c11-8-5-9(15)14-10(13-8)16-6-7-1-3-12-4-2-7/h5,7,12H,1-4,6H2,(H3,11,13,14,15). The number of anilines is 1. The van der Waals surface area contributed by atoms with Gasteiger partial charge in [0.2, 0.25) is 0 Å². The quantitative estimate of drug-likeness (QED) is 0.527. The predicted octanol–water partition coefficient (Wildman–Crippen LogP) is 0.444. The minimum absolute atomic E-state index is 0.180. The van der Waals surface area contributed by atoms with Gasteiger partial charge in [-0.2, -0.15) is 0 Å². The Balaban J connectivity index is 1.90. The first-order valence-electron chi connectivity index (χ1n) is 5.44. The molecule has 0 aromatic carbocycles. The highest BCUT2D eigenvalue weighted by molar-refractivity contribution is 7.99. The lowest BCUT2D eigenvalue weighted by Gasteiger charge is -2.21. The highest BCUT2D eigenvalue weighted by atomic mass is 32.2. The summed E-state index contributed by atoms with van der Waals surface area (Å²) in [4.78, 5) is 17.9. The van der Waals surface area contributed by atoms with E-state index >= 15 is 0 Å². The van der Waals surface area contributed by atoms with E-state index in [1.165, 1.54) is 18.9 Å². The van der Waals surface area contributed by atoms with Gasteiger partial charge >= 0.3 is 0 Å². The number of hydrogen-bond donors (Lipinski definition) is 3. The summed E-state index contributed by atoms with van der Waals surface area (Å²) in [6.07, 6.45) is 2.39. The van der Waals surface area contributed by atoms with Crippen LogP contribution in [-0.2, 0) is 0 Å². The van der Waals surface area contributed by atoms with Crippen molar-refractivity contribution in [2.75, 3.05) is 24.6 Å². The Morgan fingerprint density at radius 1 is 1.50 bits per heavy atom. The van der Waals surface area contributed by atoms with Gasteiger partial charge in [-0.3, -0.25) is 4.79 Å². The molecule has 1 saturated heterocycles. The second kappa shape index (κ2) is 5.36. The number of nitrogens with two attached hydrogens (primary N) is 1. The third-order valence-corrected chi connectivity index (χ3v) is 3.76. The van der Waals surface area contributed by atoms with Gasteiger partial charge in [0.15, 0.2) is 5.16 Å². The summed E-state index contributed by atoms with van der Waals surface area (Å²) in [5, 5.41) is 3.96. The Bertz CT molecular complexity index is 400. The highest BCUT2D eigenvalue weighted by Gasteiger charge is 2.13. The molecule has 0 radical (unpaired) electrons. The van der Waals surface area contributed by atoms with Gasteiger partial charge in [0.05, 0.1) is 0 Å². The van der Waals surface area contributed by atoms with Crippen molar-refractivity contribution >= 4 is 17.6 Å². The molecule has 1 aliphatic rings. The van der Waals surface area contributed by atoms with Crippen LogP contribution in [-0.4, -0.2) is 28.8 Å². The summed E-state index contributed by atoms with van der Waals surface area (Å²) in [6, 6.07) is 1.30. The van der Waals surface area contributed by atoms with Crippen LogP contribution in [0, 0.1) is 5.92 Å². The molecule has 0 unspecified atom stereocenters. The van der Waals surface area contributed by atoms with E-state index in [9.17, 15) is 4.79 Å². The third kappa shape index (κ3) is 3.24. The van der Waals surface area contributed by atoms with E-state index in [4.69, 9.17) is 5.73 Å². The molecule has 88 valence electrons. The first-order valence-corrected chi connectivity index (χ1v) is 6.43. The monoisotopic (exact) mass is 240 g/mol. The lowest BCUT2D eigenvalue weighted by Crippen LogP contribution is -2.28. The summed E-state index contributed by atoms with van der Waals surface area (Å²) in [5.41, 5.74) is 5.33. The summed E-state index contributed by atoms with van der Waals surface area (Å²) in [6.45, 7) is 2.18. The molecule has 6 heteroatoms. The summed E-state index contributed by atoms with van der Waals surface area (Å²) in [5.74, 6) is 1.99. The number of rotatable bonds is 3. The lowest BCUT2D eigenvalue weighted by molar-refractivity contribution is 0.407. The predicted molar refractivity (Wildman–Crippen MR) is 65.6 cm³/mol. The molecule has 0 bridgehead atoms. The fourth-order valence-electron chi connectivity index (χ4n) is 1.77. The number of aromatic amines is 1. The van der Waals surface area contributed by atoms with Crippen LogP contribution < -0.4 is 16.6 Å². The lowest BCUT2D eigenvalue weighted by atomic mass is 10.0. The summed E-state index contributed by atoms with van der Waals surface area (Å²) in [7, 11) is 0. The topological polar surface area (TPSA) is 83.8 Å². The first-order chi connectivity index (χ1) is 7.74. The van der Waals surface area contributed by atoms with E-state index < -0.39 is 0 Å². The Kier molecular flexibility index (Phi) is 3.84. The molecule has 16 heavy (non-hydrogen) atoms. The van der Waals surface area contributed by atoms with Crippen molar-refractivity contribution in [1.82, 2.24) is 15.3 Å². The molecule has 1 aromatic rings. The second-order valence-electron chi connectivity index (χ2n) is 3.98. The molecule has 4 N–H and O–H groups in total. The number of nitrogens with one attached hydrogen (secondary N) is 2. The number of nitrogen functional groups attached to an aromatic ring is 1. The number of hydrogen-bond acceptors (Lipinski definition) is 5. The van der Waals surface area contributed by atoms with Gasteiger partial charge < -0.3 is 16.0 Å². The molecule has 1 aliphatic heterocycles. The fraction of sp³-hybridized carbons (Fsp3) is 0.600. The zero-order valence-electron chi connectivity index (χ0n) is 9.03. The molecule has 0 spiro atoms. The molecule has 2 rings (SSSR count). The third-order valence-electron chi connectivity index (χ3n) is 2.65. The van der Waals surface area contributed by atoms with Crippen LogP contribution in [0.3, 0.4) is 0 Å². The Hall–Kier alpha value is -1.01. The van der Waals surface area contributed by atoms with Crippen LogP contribution in [0.2, 0.25) is 0 Å². The van der Waals surface area contributed by atoms with Gasteiger partial charge in [-0.1, -0.05) is 11.8 Å². The maximum absolute atomic E-state index is 11.2. The van der Waals surface area contributed by atoms with E-state index in [0.29, 0.717) is 11.1 Å². The average molecular weight is 240 g/mol. The average Bonchev–Trinajstić information content (AvgIpc) is 2.27. The smallest absolute Gasteiger partial charge is 0.253 e. The van der Waals surface area contributed by atoms with E-state index in [2.05, 4.69) is 15.3 Å². The van der Waals surface area contributed by atoms with Crippen molar-refractivity contribution in [2.24, 2.45) is 5.92 Å². The largest absolute Gasteiger partial charge is 0.383 e. The van der Waals surface area contributed by atoms with Crippen LogP contribution in [0.4, 0.5) is 5.82 Å². The van der Waals surface area contributed by atoms with Crippen molar-refractivity contribution in [3.8, 4) is 0 Å². The number of H-pyrrole nitrogens is 1. The maximum Gasteiger partial charge on any atom is 0.253 e. The molecule has 0 amide bonds. The van der Waals surface area contributed by atoms with Crippen molar-refractivity contribution in [3.63, 3.8) is 0 Å². The van der Waals surface area contributed by atoms with Crippen LogP contribution in [0.5, 0.6) is 0 Å². The van der Waals surface area contributed by atoms with E-state index in [1.807, 2.05) is 0 Å². The number of thioether (sulfide) groups is 1. The molecule has 2 heterocycles.